The molecule has 0 rings (SSSR count). The van der Waals surface area contributed by atoms with Gasteiger partial charge in [-0.3, -0.25) is 9.69 Å². The van der Waals surface area contributed by atoms with Crippen LogP contribution in [0.25, 0.3) is 0 Å². The van der Waals surface area contributed by atoms with E-state index in [2.05, 4.69) is 11.9 Å². The Balaban J connectivity index is 3.65. The van der Waals surface area contributed by atoms with Crippen LogP contribution in [0.15, 0.2) is 12.7 Å². The number of rotatable bonds is 7. The van der Waals surface area contributed by atoms with Gasteiger partial charge in [-0.2, -0.15) is 0 Å². The fourth-order valence-corrected chi connectivity index (χ4v) is 0.935. The number of likely N-dealkylation sites (N-methyl/N-ethyl adjacent to an activating group) is 1. The molecule has 0 aromatic rings. The van der Waals surface area contributed by atoms with E-state index >= 15 is 0 Å². The molecule has 0 aromatic carbocycles. The smallest absolute Gasteiger partial charge is 0.234 e. The molecule has 1 amide bonds. The Morgan fingerprint density at radius 1 is 1.69 bits per heavy atom. The third-order valence-electron chi connectivity index (χ3n) is 1.67. The summed E-state index contributed by atoms with van der Waals surface area (Å²) >= 11 is 0. The highest BCUT2D eigenvalue weighted by molar-refractivity contribution is 5.78. The van der Waals surface area contributed by atoms with E-state index in [0.717, 1.165) is 6.54 Å². The topological polar surface area (TPSA) is 52.6 Å². The first-order valence-electron chi connectivity index (χ1n) is 4.45. The number of aliphatic hydroxyl groups is 1. The van der Waals surface area contributed by atoms with E-state index in [4.69, 9.17) is 5.11 Å². The summed E-state index contributed by atoms with van der Waals surface area (Å²) in [4.78, 5) is 13.0. The van der Waals surface area contributed by atoms with Gasteiger partial charge in [-0.1, -0.05) is 13.0 Å². The van der Waals surface area contributed by atoms with Crippen molar-refractivity contribution in [3.8, 4) is 0 Å². The third kappa shape index (κ3) is 6.31. The van der Waals surface area contributed by atoms with Gasteiger partial charge in [-0.25, -0.2) is 0 Å². The Hall–Kier alpha value is -0.870. The van der Waals surface area contributed by atoms with Crippen LogP contribution in [-0.4, -0.2) is 48.7 Å². The lowest BCUT2D eigenvalue weighted by molar-refractivity contribution is -0.122. The largest absolute Gasteiger partial charge is 0.395 e. The fraction of sp³-hybridized carbons (Fsp3) is 0.667. The first-order valence-corrected chi connectivity index (χ1v) is 4.45. The second-order valence-corrected chi connectivity index (χ2v) is 2.69. The van der Waals surface area contributed by atoms with Crippen LogP contribution in [0.4, 0.5) is 0 Å². The molecule has 4 nitrogen and oxygen atoms in total. The molecule has 13 heavy (non-hydrogen) atoms. The van der Waals surface area contributed by atoms with E-state index in [9.17, 15) is 4.79 Å². The van der Waals surface area contributed by atoms with Gasteiger partial charge in [-0.05, 0) is 6.54 Å². The van der Waals surface area contributed by atoms with Gasteiger partial charge in [0.25, 0.3) is 0 Å². The van der Waals surface area contributed by atoms with Crippen LogP contribution >= 0.6 is 0 Å². The predicted octanol–water partition coefficient (Wildman–Crippen LogP) is -0.397. The number of amides is 1. The summed E-state index contributed by atoms with van der Waals surface area (Å²) in [7, 11) is 0. The van der Waals surface area contributed by atoms with Crippen LogP contribution in [-0.2, 0) is 4.79 Å². The molecule has 0 aliphatic carbocycles. The first kappa shape index (κ1) is 12.1. The molecule has 0 saturated heterocycles. The van der Waals surface area contributed by atoms with Crippen molar-refractivity contribution in [3.63, 3.8) is 0 Å². The number of carbonyl (C=O) groups is 1. The van der Waals surface area contributed by atoms with Gasteiger partial charge >= 0.3 is 0 Å². The minimum absolute atomic E-state index is 0.0322. The van der Waals surface area contributed by atoms with Crippen LogP contribution in [0.2, 0.25) is 0 Å². The number of hydrogen-bond acceptors (Lipinski definition) is 3. The van der Waals surface area contributed by atoms with E-state index in [1.807, 2.05) is 11.8 Å². The van der Waals surface area contributed by atoms with E-state index in [-0.39, 0.29) is 12.5 Å². The molecule has 0 unspecified atom stereocenters. The molecule has 0 aliphatic heterocycles. The lowest BCUT2D eigenvalue weighted by Crippen LogP contribution is -2.38. The monoisotopic (exact) mass is 186 g/mol. The second kappa shape index (κ2) is 7.76. The van der Waals surface area contributed by atoms with Gasteiger partial charge in [-0.15, -0.1) is 6.58 Å². The highest BCUT2D eigenvalue weighted by atomic mass is 16.3. The average molecular weight is 186 g/mol. The van der Waals surface area contributed by atoms with E-state index in [0.29, 0.717) is 19.6 Å². The predicted molar refractivity (Wildman–Crippen MR) is 52.4 cm³/mol. The lowest BCUT2D eigenvalue weighted by Gasteiger charge is -2.17. The molecule has 0 fully saturated rings. The molecular formula is C9H18N2O2. The van der Waals surface area contributed by atoms with Crippen molar-refractivity contribution in [1.82, 2.24) is 10.2 Å². The van der Waals surface area contributed by atoms with Gasteiger partial charge in [0.05, 0.1) is 13.2 Å². The van der Waals surface area contributed by atoms with Gasteiger partial charge in [0.2, 0.25) is 5.91 Å². The van der Waals surface area contributed by atoms with Crippen molar-refractivity contribution in [2.24, 2.45) is 0 Å². The normalized spacial score (nSPS) is 10.1. The maximum atomic E-state index is 11.2. The number of nitrogens with one attached hydrogen (secondary N) is 1. The summed E-state index contributed by atoms with van der Waals surface area (Å²) in [6.45, 7) is 7.68. The Morgan fingerprint density at radius 3 is 2.85 bits per heavy atom. The van der Waals surface area contributed by atoms with Crippen molar-refractivity contribution in [1.29, 1.82) is 0 Å². The molecule has 0 saturated carbocycles. The van der Waals surface area contributed by atoms with Gasteiger partial charge < -0.3 is 10.4 Å². The molecule has 0 bridgehead atoms. The highest BCUT2D eigenvalue weighted by Crippen LogP contribution is 1.85. The summed E-state index contributed by atoms with van der Waals surface area (Å²) in [6, 6.07) is 0. The number of aliphatic hydroxyl groups excluding tert-OH is 1. The van der Waals surface area contributed by atoms with E-state index in [1.165, 1.54) is 0 Å². The maximum absolute atomic E-state index is 11.2. The van der Waals surface area contributed by atoms with Gasteiger partial charge in [0.15, 0.2) is 0 Å². The molecule has 2 N–H and O–H groups in total. The maximum Gasteiger partial charge on any atom is 0.234 e. The standard InChI is InChI=1S/C9H18N2O2/c1-3-5-10-9(13)8-11(4-2)6-7-12/h3,12H,1,4-8H2,2H3,(H,10,13). The van der Waals surface area contributed by atoms with E-state index in [1.54, 1.807) is 6.08 Å². The average Bonchev–Trinajstić information content (AvgIpc) is 2.14. The molecule has 0 aliphatic rings. The number of nitrogens with zero attached hydrogens (tertiary/aromatic N) is 1. The van der Waals surface area contributed by atoms with Gasteiger partial charge in [0, 0.05) is 13.1 Å². The lowest BCUT2D eigenvalue weighted by atomic mass is 10.4. The summed E-state index contributed by atoms with van der Waals surface area (Å²) in [6.07, 6.45) is 1.64. The minimum atomic E-state index is -0.0322. The number of hydrogen-bond donors (Lipinski definition) is 2. The Bertz CT molecular complexity index is 160. The molecule has 0 spiro atoms. The van der Waals surface area contributed by atoms with Crippen LogP contribution in [0, 0.1) is 0 Å². The summed E-state index contributed by atoms with van der Waals surface area (Å²) in [5, 5.41) is 11.3. The summed E-state index contributed by atoms with van der Waals surface area (Å²) in [5.41, 5.74) is 0. The van der Waals surface area contributed by atoms with Crippen molar-refractivity contribution in [2.75, 3.05) is 32.8 Å². The van der Waals surface area contributed by atoms with E-state index < -0.39 is 0 Å². The molecule has 76 valence electrons. The molecule has 0 atom stereocenters. The van der Waals surface area contributed by atoms with Crippen LogP contribution in [0.1, 0.15) is 6.92 Å². The number of carbonyl (C=O) groups excluding carboxylic acids is 1. The zero-order valence-corrected chi connectivity index (χ0v) is 8.12. The van der Waals surface area contributed by atoms with Crippen LogP contribution < -0.4 is 5.32 Å². The zero-order chi connectivity index (χ0) is 10.1. The first-order chi connectivity index (χ1) is 6.24. The summed E-state index contributed by atoms with van der Waals surface area (Å²) in [5.74, 6) is -0.0322. The Morgan fingerprint density at radius 2 is 2.38 bits per heavy atom. The Kier molecular flexibility index (Phi) is 7.24. The quantitative estimate of drug-likeness (QED) is 0.532. The van der Waals surface area contributed by atoms with Crippen molar-refractivity contribution >= 4 is 5.91 Å². The fourth-order valence-electron chi connectivity index (χ4n) is 0.935. The van der Waals surface area contributed by atoms with Crippen molar-refractivity contribution in [3.05, 3.63) is 12.7 Å². The molecule has 0 radical (unpaired) electrons. The minimum Gasteiger partial charge on any atom is -0.395 e. The SMILES string of the molecule is C=CCNC(=O)CN(CC)CCO. The second-order valence-electron chi connectivity index (χ2n) is 2.69. The van der Waals surface area contributed by atoms with Crippen molar-refractivity contribution < 1.29 is 9.90 Å². The molecular weight excluding hydrogens is 168 g/mol. The van der Waals surface area contributed by atoms with Gasteiger partial charge in [0.1, 0.15) is 0 Å². The zero-order valence-electron chi connectivity index (χ0n) is 8.12. The Labute approximate surface area is 79.2 Å². The molecule has 4 heteroatoms. The molecule has 0 heterocycles. The van der Waals surface area contributed by atoms with Crippen molar-refractivity contribution in [2.45, 2.75) is 6.92 Å². The van der Waals surface area contributed by atoms with Crippen LogP contribution in [0.5, 0.6) is 0 Å². The van der Waals surface area contributed by atoms with Crippen LogP contribution in [0.3, 0.4) is 0 Å². The molecule has 0 aromatic heterocycles. The third-order valence-corrected chi connectivity index (χ3v) is 1.67. The highest BCUT2D eigenvalue weighted by Gasteiger charge is 2.06. The summed E-state index contributed by atoms with van der Waals surface area (Å²) < 4.78 is 0.